The Morgan fingerprint density at radius 2 is 1.54 bits per heavy atom. The first-order valence-corrected chi connectivity index (χ1v) is 4.36. The first-order valence-electron chi connectivity index (χ1n) is 4.36. The molecule has 1 rings (SSSR count). The van der Waals surface area contributed by atoms with Gasteiger partial charge in [0.15, 0.2) is 0 Å². The van der Waals surface area contributed by atoms with Crippen LogP contribution in [0, 0.1) is 20.8 Å². The van der Waals surface area contributed by atoms with Gasteiger partial charge in [0, 0.05) is 6.54 Å². The van der Waals surface area contributed by atoms with Crippen LogP contribution in [0.25, 0.3) is 0 Å². The lowest BCUT2D eigenvalue weighted by molar-refractivity contribution is 0.810. The van der Waals surface area contributed by atoms with Gasteiger partial charge in [0.2, 0.25) is 0 Å². The van der Waals surface area contributed by atoms with Crippen LogP contribution < -0.4 is 5.32 Å². The molecule has 0 aliphatic rings. The molecule has 0 spiro atoms. The number of halogens is 1. The third-order valence-corrected chi connectivity index (χ3v) is 2.32. The zero-order valence-corrected chi connectivity index (χ0v) is 9.59. The summed E-state index contributed by atoms with van der Waals surface area (Å²) < 4.78 is 0. The summed E-state index contributed by atoms with van der Waals surface area (Å²) >= 11 is 0. The Morgan fingerprint density at radius 3 is 2.08 bits per heavy atom. The van der Waals surface area contributed by atoms with Gasteiger partial charge in [-0.25, -0.2) is 0 Å². The lowest BCUT2D eigenvalue weighted by Crippen LogP contribution is -2.07. The van der Waals surface area contributed by atoms with E-state index in [9.17, 15) is 0 Å². The van der Waals surface area contributed by atoms with Gasteiger partial charge in [0.1, 0.15) is 0 Å². The van der Waals surface area contributed by atoms with Crippen LogP contribution in [0.4, 0.5) is 0 Å². The van der Waals surface area contributed by atoms with Crippen LogP contribution >= 0.6 is 12.4 Å². The van der Waals surface area contributed by atoms with Crippen LogP contribution in [0.2, 0.25) is 0 Å². The van der Waals surface area contributed by atoms with Crippen LogP contribution in [-0.2, 0) is 6.54 Å². The van der Waals surface area contributed by atoms with Crippen molar-refractivity contribution in [1.29, 1.82) is 0 Å². The quantitative estimate of drug-likeness (QED) is 0.773. The van der Waals surface area contributed by atoms with Crippen molar-refractivity contribution >= 4 is 12.4 Å². The second-order valence-electron chi connectivity index (χ2n) is 3.39. The molecule has 13 heavy (non-hydrogen) atoms. The van der Waals surface area contributed by atoms with E-state index in [1.165, 1.54) is 22.3 Å². The summed E-state index contributed by atoms with van der Waals surface area (Å²) in [7, 11) is 1.98. The maximum atomic E-state index is 3.17. The molecule has 1 aromatic carbocycles. The number of benzene rings is 1. The first-order chi connectivity index (χ1) is 5.65. The predicted octanol–water partition coefficient (Wildman–Crippen LogP) is 2.75. The minimum absolute atomic E-state index is 0. The summed E-state index contributed by atoms with van der Waals surface area (Å²) in [6.45, 7) is 7.45. The van der Waals surface area contributed by atoms with Gasteiger partial charge in [0.05, 0.1) is 0 Å². The zero-order chi connectivity index (χ0) is 9.14. The van der Waals surface area contributed by atoms with Crippen LogP contribution in [0.15, 0.2) is 12.1 Å². The smallest absolute Gasteiger partial charge is 0.0205 e. The number of nitrogens with one attached hydrogen (secondary N) is 1. The fourth-order valence-electron chi connectivity index (χ4n) is 1.40. The molecule has 0 heterocycles. The molecule has 74 valence electrons. The maximum Gasteiger partial charge on any atom is 0.0205 e. The van der Waals surface area contributed by atoms with Gasteiger partial charge in [-0.1, -0.05) is 12.1 Å². The summed E-state index contributed by atoms with van der Waals surface area (Å²) in [5, 5.41) is 3.17. The summed E-state index contributed by atoms with van der Waals surface area (Å²) in [5.74, 6) is 0. The largest absolute Gasteiger partial charge is 0.316 e. The van der Waals surface area contributed by atoms with Crippen molar-refractivity contribution in [1.82, 2.24) is 5.32 Å². The van der Waals surface area contributed by atoms with Crippen LogP contribution in [0.1, 0.15) is 22.3 Å². The molecule has 0 amide bonds. The van der Waals surface area contributed by atoms with E-state index in [2.05, 4.69) is 38.2 Å². The second-order valence-corrected chi connectivity index (χ2v) is 3.39. The predicted molar refractivity (Wildman–Crippen MR) is 60.7 cm³/mol. The van der Waals surface area contributed by atoms with Crippen molar-refractivity contribution in [3.8, 4) is 0 Å². The Bertz CT molecular complexity index is 282. The summed E-state index contributed by atoms with van der Waals surface area (Å²) in [5.41, 5.74) is 5.55. The van der Waals surface area contributed by atoms with Crippen molar-refractivity contribution in [2.24, 2.45) is 0 Å². The van der Waals surface area contributed by atoms with E-state index in [1.807, 2.05) is 7.05 Å². The number of hydrogen-bond donors (Lipinski definition) is 1. The van der Waals surface area contributed by atoms with Gasteiger partial charge in [-0.05, 0) is 50.1 Å². The second kappa shape index (κ2) is 5.25. The van der Waals surface area contributed by atoms with Gasteiger partial charge in [0.25, 0.3) is 0 Å². The fraction of sp³-hybridized carbons (Fsp3) is 0.455. The molecule has 1 N–H and O–H groups in total. The molecule has 0 atom stereocenters. The normalized spacial score (nSPS) is 9.54. The Morgan fingerprint density at radius 1 is 1.00 bits per heavy atom. The van der Waals surface area contributed by atoms with E-state index in [4.69, 9.17) is 0 Å². The molecule has 0 radical (unpaired) electrons. The molecule has 0 aliphatic heterocycles. The Balaban J connectivity index is 0.00000144. The number of aryl methyl sites for hydroxylation is 3. The van der Waals surface area contributed by atoms with Gasteiger partial charge in [-0.2, -0.15) is 0 Å². The molecular weight excluding hydrogens is 182 g/mol. The standard InChI is InChI=1S/C11H17N.ClH/c1-8-5-10(3)11(7-12-4)6-9(8)2;/h5-6,12H,7H2,1-4H3;1H. The topological polar surface area (TPSA) is 12.0 Å². The van der Waals surface area contributed by atoms with E-state index in [0.29, 0.717) is 0 Å². The van der Waals surface area contributed by atoms with E-state index in [-0.39, 0.29) is 12.4 Å². The SMILES string of the molecule is CNCc1cc(C)c(C)cc1C.Cl. The zero-order valence-electron chi connectivity index (χ0n) is 8.77. The lowest BCUT2D eigenvalue weighted by atomic mass is 10.0. The van der Waals surface area contributed by atoms with Crippen molar-refractivity contribution in [3.63, 3.8) is 0 Å². The van der Waals surface area contributed by atoms with Gasteiger partial charge < -0.3 is 5.32 Å². The third kappa shape index (κ3) is 3.02. The molecule has 0 unspecified atom stereocenters. The van der Waals surface area contributed by atoms with E-state index in [1.54, 1.807) is 0 Å². The Kier molecular flexibility index (Phi) is 5.04. The number of hydrogen-bond acceptors (Lipinski definition) is 1. The monoisotopic (exact) mass is 199 g/mol. The van der Waals surface area contributed by atoms with Crippen molar-refractivity contribution in [3.05, 3.63) is 34.4 Å². The molecule has 0 aliphatic carbocycles. The Labute approximate surface area is 87.0 Å². The molecule has 1 aromatic rings. The van der Waals surface area contributed by atoms with Crippen molar-refractivity contribution in [2.45, 2.75) is 27.3 Å². The minimum atomic E-state index is 0. The highest BCUT2D eigenvalue weighted by Gasteiger charge is 1.99. The van der Waals surface area contributed by atoms with Crippen LogP contribution in [0.5, 0.6) is 0 Å². The van der Waals surface area contributed by atoms with Gasteiger partial charge >= 0.3 is 0 Å². The molecule has 1 nitrogen and oxygen atoms in total. The van der Waals surface area contributed by atoms with E-state index in [0.717, 1.165) is 6.54 Å². The highest BCUT2D eigenvalue weighted by Crippen LogP contribution is 2.14. The molecule has 2 heteroatoms. The Hall–Kier alpha value is -0.530. The highest BCUT2D eigenvalue weighted by molar-refractivity contribution is 5.85. The third-order valence-electron chi connectivity index (χ3n) is 2.32. The molecule has 0 fully saturated rings. The number of rotatable bonds is 2. The molecule has 0 saturated heterocycles. The average molecular weight is 200 g/mol. The molecular formula is C11H18ClN. The maximum absolute atomic E-state index is 3.17. The molecule has 0 bridgehead atoms. The van der Waals surface area contributed by atoms with Crippen molar-refractivity contribution < 1.29 is 0 Å². The van der Waals surface area contributed by atoms with E-state index < -0.39 is 0 Å². The van der Waals surface area contributed by atoms with Crippen LogP contribution in [-0.4, -0.2) is 7.05 Å². The summed E-state index contributed by atoms with van der Waals surface area (Å²) in [6, 6.07) is 4.52. The van der Waals surface area contributed by atoms with Crippen LogP contribution in [0.3, 0.4) is 0 Å². The van der Waals surface area contributed by atoms with Crippen molar-refractivity contribution in [2.75, 3.05) is 7.05 Å². The van der Waals surface area contributed by atoms with Gasteiger partial charge in [-0.3, -0.25) is 0 Å². The summed E-state index contributed by atoms with van der Waals surface area (Å²) in [6.07, 6.45) is 0. The van der Waals surface area contributed by atoms with Gasteiger partial charge in [-0.15, -0.1) is 12.4 Å². The molecule has 0 aromatic heterocycles. The minimum Gasteiger partial charge on any atom is -0.316 e. The van der Waals surface area contributed by atoms with E-state index >= 15 is 0 Å². The fourth-order valence-corrected chi connectivity index (χ4v) is 1.40. The lowest BCUT2D eigenvalue weighted by Gasteiger charge is -2.08. The summed E-state index contributed by atoms with van der Waals surface area (Å²) in [4.78, 5) is 0. The first kappa shape index (κ1) is 12.5. The average Bonchev–Trinajstić information content (AvgIpc) is 2.01. The highest BCUT2D eigenvalue weighted by atomic mass is 35.5. The molecule has 0 saturated carbocycles.